The summed E-state index contributed by atoms with van der Waals surface area (Å²) in [7, 11) is 1.36. The molecular formula is C20H20O4. The molecule has 4 nitrogen and oxygen atoms in total. The molecule has 0 unspecified atom stereocenters. The number of hydrogen-bond donors (Lipinski definition) is 0. The van der Waals surface area contributed by atoms with Gasteiger partial charge in [-0.2, -0.15) is 0 Å². The fraction of sp³-hybridized carbons (Fsp3) is 0.300. The summed E-state index contributed by atoms with van der Waals surface area (Å²) in [5.41, 5.74) is 4.46. The second kappa shape index (κ2) is 6.87. The van der Waals surface area contributed by atoms with Crippen LogP contribution in [0.15, 0.2) is 40.3 Å². The first-order valence-corrected chi connectivity index (χ1v) is 8.10. The average Bonchev–Trinajstić information content (AvgIpc) is 3.25. The van der Waals surface area contributed by atoms with Crippen LogP contribution in [0.1, 0.15) is 63.5 Å². The standard InChI is InChI=1S/C20H20O4/c1-13-17(20(22)23-2)11-18(24-13)19(15-5-3-4-6-15)16-9-7-14(12-21)8-10-16/h7-12H,3-6H2,1-2H3. The van der Waals surface area contributed by atoms with Gasteiger partial charge in [-0.25, -0.2) is 4.79 Å². The Hall–Kier alpha value is -2.62. The van der Waals surface area contributed by atoms with Crippen LogP contribution in [0.25, 0.3) is 5.57 Å². The number of benzene rings is 1. The van der Waals surface area contributed by atoms with E-state index in [0.717, 1.165) is 43.1 Å². The van der Waals surface area contributed by atoms with Crippen molar-refractivity contribution in [3.63, 3.8) is 0 Å². The summed E-state index contributed by atoms with van der Waals surface area (Å²) >= 11 is 0. The molecule has 1 aliphatic carbocycles. The highest BCUT2D eigenvalue weighted by Gasteiger charge is 2.22. The number of carbonyl (C=O) groups is 2. The lowest BCUT2D eigenvalue weighted by molar-refractivity contribution is 0.0598. The van der Waals surface area contributed by atoms with E-state index >= 15 is 0 Å². The van der Waals surface area contributed by atoms with Gasteiger partial charge in [0.2, 0.25) is 0 Å². The summed E-state index contributed by atoms with van der Waals surface area (Å²) in [5.74, 6) is 0.843. The molecular weight excluding hydrogens is 304 g/mol. The highest BCUT2D eigenvalue weighted by atomic mass is 16.5. The first kappa shape index (κ1) is 16.2. The maximum atomic E-state index is 11.9. The van der Waals surface area contributed by atoms with Gasteiger partial charge in [-0.1, -0.05) is 29.8 Å². The molecule has 4 heteroatoms. The van der Waals surface area contributed by atoms with Crippen molar-refractivity contribution in [3.05, 3.63) is 64.1 Å². The van der Waals surface area contributed by atoms with E-state index in [9.17, 15) is 9.59 Å². The normalized spacial score (nSPS) is 13.8. The molecule has 0 bridgehead atoms. The smallest absolute Gasteiger partial charge is 0.341 e. The van der Waals surface area contributed by atoms with Crippen LogP contribution in [-0.2, 0) is 4.74 Å². The Bertz CT molecular complexity index is 786. The summed E-state index contributed by atoms with van der Waals surface area (Å²) in [6.07, 6.45) is 5.21. The van der Waals surface area contributed by atoms with Gasteiger partial charge < -0.3 is 9.15 Å². The maximum Gasteiger partial charge on any atom is 0.341 e. The summed E-state index contributed by atoms with van der Waals surface area (Å²) in [6.45, 7) is 1.77. The van der Waals surface area contributed by atoms with Gasteiger partial charge in [0.1, 0.15) is 23.4 Å². The number of hydrogen-bond acceptors (Lipinski definition) is 4. The van der Waals surface area contributed by atoms with Crippen molar-refractivity contribution in [2.45, 2.75) is 32.6 Å². The Labute approximate surface area is 141 Å². The molecule has 1 saturated carbocycles. The number of carbonyl (C=O) groups excluding carboxylic acids is 2. The summed E-state index contributed by atoms with van der Waals surface area (Å²) in [4.78, 5) is 22.8. The lowest BCUT2D eigenvalue weighted by Crippen LogP contribution is -2.00. The predicted octanol–water partition coefficient (Wildman–Crippen LogP) is 4.56. The third-order valence-electron chi connectivity index (χ3n) is 4.47. The molecule has 3 rings (SSSR count). The molecule has 0 saturated heterocycles. The molecule has 0 radical (unpaired) electrons. The molecule has 0 spiro atoms. The van der Waals surface area contributed by atoms with E-state index < -0.39 is 5.97 Å². The van der Waals surface area contributed by atoms with Gasteiger partial charge in [-0.3, -0.25) is 4.79 Å². The first-order valence-electron chi connectivity index (χ1n) is 8.10. The van der Waals surface area contributed by atoms with Crippen LogP contribution in [0.4, 0.5) is 0 Å². The zero-order valence-corrected chi connectivity index (χ0v) is 13.9. The molecule has 0 aliphatic heterocycles. The van der Waals surface area contributed by atoms with E-state index in [4.69, 9.17) is 9.15 Å². The molecule has 1 aromatic heterocycles. The summed E-state index contributed by atoms with van der Waals surface area (Å²) < 4.78 is 10.7. The molecule has 1 fully saturated rings. The molecule has 24 heavy (non-hydrogen) atoms. The van der Waals surface area contributed by atoms with Crippen molar-refractivity contribution in [2.75, 3.05) is 7.11 Å². The van der Waals surface area contributed by atoms with E-state index in [1.54, 1.807) is 25.1 Å². The van der Waals surface area contributed by atoms with Crippen molar-refractivity contribution in [1.29, 1.82) is 0 Å². The van der Waals surface area contributed by atoms with Crippen LogP contribution in [0, 0.1) is 6.92 Å². The average molecular weight is 324 g/mol. The second-order valence-corrected chi connectivity index (χ2v) is 6.00. The van der Waals surface area contributed by atoms with Gasteiger partial charge in [0.25, 0.3) is 0 Å². The number of rotatable bonds is 4. The monoisotopic (exact) mass is 324 g/mol. The van der Waals surface area contributed by atoms with E-state index in [2.05, 4.69) is 0 Å². The Kier molecular flexibility index (Phi) is 4.65. The number of aldehydes is 1. The summed E-state index contributed by atoms with van der Waals surface area (Å²) in [6, 6.07) is 9.22. The summed E-state index contributed by atoms with van der Waals surface area (Å²) in [5, 5.41) is 0. The topological polar surface area (TPSA) is 56.5 Å². The molecule has 0 N–H and O–H groups in total. The van der Waals surface area contributed by atoms with Crippen LogP contribution >= 0.6 is 0 Å². The van der Waals surface area contributed by atoms with E-state index in [1.807, 2.05) is 12.1 Å². The van der Waals surface area contributed by atoms with E-state index in [0.29, 0.717) is 22.6 Å². The quantitative estimate of drug-likeness (QED) is 0.611. The van der Waals surface area contributed by atoms with Gasteiger partial charge >= 0.3 is 5.97 Å². The highest BCUT2D eigenvalue weighted by molar-refractivity contribution is 5.92. The van der Waals surface area contributed by atoms with Crippen molar-refractivity contribution >= 4 is 17.8 Å². The zero-order chi connectivity index (χ0) is 17.1. The molecule has 2 aromatic rings. The molecule has 1 heterocycles. The number of esters is 1. The third kappa shape index (κ3) is 3.04. The van der Waals surface area contributed by atoms with Crippen molar-refractivity contribution < 1.29 is 18.7 Å². The Morgan fingerprint density at radius 1 is 1.17 bits per heavy atom. The van der Waals surface area contributed by atoms with Gasteiger partial charge in [-0.15, -0.1) is 0 Å². The minimum Gasteiger partial charge on any atom is -0.465 e. The van der Waals surface area contributed by atoms with Crippen LogP contribution in [0.2, 0.25) is 0 Å². The Balaban J connectivity index is 2.11. The van der Waals surface area contributed by atoms with E-state index in [1.165, 1.54) is 12.7 Å². The van der Waals surface area contributed by atoms with Gasteiger partial charge in [-0.05, 0) is 44.2 Å². The minimum atomic E-state index is -0.394. The maximum absolute atomic E-state index is 11.9. The predicted molar refractivity (Wildman–Crippen MR) is 91.1 cm³/mol. The molecule has 1 aromatic carbocycles. The van der Waals surface area contributed by atoms with Crippen molar-refractivity contribution in [1.82, 2.24) is 0 Å². The number of allylic oxidation sites excluding steroid dienone is 1. The van der Waals surface area contributed by atoms with Gasteiger partial charge in [0, 0.05) is 11.1 Å². The fourth-order valence-electron chi connectivity index (χ4n) is 3.22. The highest BCUT2D eigenvalue weighted by Crippen LogP contribution is 2.37. The van der Waals surface area contributed by atoms with Crippen LogP contribution in [0.3, 0.4) is 0 Å². The first-order chi connectivity index (χ1) is 11.6. The van der Waals surface area contributed by atoms with Crippen LogP contribution < -0.4 is 0 Å². The SMILES string of the molecule is COC(=O)c1cc(C(=C2CCCC2)c2ccc(C=O)cc2)oc1C. The number of methoxy groups -OCH3 is 1. The van der Waals surface area contributed by atoms with Crippen molar-refractivity contribution in [2.24, 2.45) is 0 Å². The molecule has 1 aliphatic rings. The van der Waals surface area contributed by atoms with Crippen LogP contribution in [-0.4, -0.2) is 19.4 Å². The van der Waals surface area contributed by atoms with Crippen molar-refractivity contribution in [3.8, 4) is 0 Å². The number of aryl methyl sites for hydroxylation is 1. The van der Waals surface area contributed by atoms with Gasteiger partial charge in [0.15, 0.2) is 0 Å². The lowest BCUT2D eigenvalue weighted by Gasteiger charge is -2.10. The van der Waals surface area contributed by atoms with Crippen LogP contribution in [0.5, 0.6) is 0 Å². The fourth-order valence-corrected chi connectivity index (χ4v) is 3.22. The Morgan fingerprint density at radius 3 is 2.42 bits per heavy atom. The lowest BCUT2D eigenvalue weighted by atomic mass is 9.95. The minimum absolute atomic E-state index is 0.394. The largest absolute Gasteiger partial charge is 0.465 e. The third-order valence-corrected chi connectivity index (χ3v) is 4.47. The molecule has 0 amide bonds. The zero-order valence-electron chi connectivity index (χ0n) is 13.9. The molecule has 0 atom stereocenters. The second-order valence-electron chi connectivity index (χ2n) is 6.00. The van der Waals surface area contributed by atoms with Gasteiger partial charge in [0.05, 0.1) is 7.11 Å². The molecule has 124 valence electrons. The van der Waals surface area contributed by atoms with E-state index in [-0.39, 0.29) is 0 Å². The Morgan fingerprint density at radius 2 is 1.83 bits per heavy atom. The number of furan rings is 1. The number of ether oxygens (including phenoxy) is 1.